The average Bonchev–Trinajstić information content (AvgIpc) is 2.54. The fraction of sp³-hybridized carbons (Fsp3) is 0.235. The number of amides is 2. The second kappa shape index (κ2) is 6.48. The number of benzene rings is 1. The van der Waals surface area contributed by atoms with Gasteiger partial charge in [-0.05, 0) is 31.2 Å². The van der Waals surface area contributed by atoms with Gasteiger partial charge in [-0.2, -0.15) is 0 Å². The number of fused-ring (bicyclic) bond motifs is 1. The molecule has 0 saturated heterocycles. The lowest BCUT2D eigenvalue weighted by molar-refractivity contribution is -0.121. The SMILES string of the molecule is Cc1cc(NC(=O)CCN2C(=O)COc3ccccc32)ccn1. The number of pyridine rings is 1. The summed E-state index contributed by atoms with van der Waals surface area (Å²) in [6.07, 6.45) is 1.86. The van der Waals surface area contributed by atoms with Gasteiger partial charge in [0.05, 0.1) is 5.69 Å². The second-order valence-electron chi connectivity index (χ2n) is 5.29. The zero-order valence-corrected chi connectivity index (χ0v) is 12.8. The van der Waals surface area contributed by atoms with Gasteiger partial charge in [-0.15, -0.1) is 0 Å². The minimum Gasteiger partial charge on any atom is -0.482 e. The Hall–Kier alpha value is -2.89. The van der Waals surface area contributed by atoms with E-state index in [1.54, 1.807) is 23.2 Å². The number of hydrogen-bond acceptors (Lipinski definition) is 4. The van der Waals surface area contributed by atoms with Crippen molar-refractivity contribution in [2.45, 2.75) is 13.3 Å². The fourth-order valence-corrected chi connectivity index (χ4v) is 2.46. The monoisotopic (exact) mass is 311 g/mol. The van der Waals surface area contributed by atoms with Gasteiger partial charge in [-0.25, -0.2) is 0 Å². The van der Waals surface area contributed by atoms with Gasteiger partial charge in [0.1, 0.15) is 5.75 Å². The maximum atomic E-state index is 12.1. The summed E-state index contributed by atoms with van der Waals surface area (Å²) in [7, 11) is 0. The highest BCUT2D eigenvalue weighted by molar-refractivity contribution is 5.99. The molecule has 0 radical (unpaired) electrons. The van der Waals surface area contributed by atoms with Crippen molar-refractivity contribution >= 4 is 23.2 Å². The summed E-state index contributed by atoms with van der Waals surface area (Å²) in [6, 6.07) is 10.9. The van der Waals surface area contributed by atoms with Crippen molar-refractivity contribution in [1.29, 1.82) is 0 Å². The second-order valence-corrected chi connectivity index (χ2v) is 5.29. The van der Waals surface area contributed by atoms with Gasteiger partial charge in [-0.1, -0.05) is 12.1 Å². The Labute approximate surface area is 134 Å². The minimum absolute atomic E-state index is 0.00216. The summed E-state index contributed by atoms with van der Waals surface area (Å²) in [5, 5.41) is 2.81. The summed E-state index contributed by atoms with van der Waals surface area (Å²) >= 11 is 0. The molecule has 0 fully saturated rings. The minimum atomic E-state index is -0.146. The van der Waals surface area contributed by atoms with Crippen LogP contribution in [-0.2, 0) is 9.59 Å². The molecule has 2 aromatic rings. The Morgan fingerprint density at radius 1 is 1.35 bits per heavy atom. The summed E-state index contributed by atoms with van der Waals surface area (Å²) in [5.74, 6) is 0.376. The van der Waals surface area contributed by atoms with E-state index in [2.05, 4.69) is 10.3 Å². The zero-order valence-electron chi connectivity index (χ0n) is 12.8. The first-order valence-electron chi connectivity index (χ1n) is 7.38. The first kappa shape index (κ1) is 15.0. The van der Waals surface area contributed by atoms with Crippen LogP contribution in [0.15, 0.2) is 42.6 Å². The molecule has 0 aliphatic carbocycles. The molecule has 1 aromatic carbocycles. The molecule has 2 heterocycles. The maximum Gasteiger partial charge on any atom is 0.265 e. The van der Waals surface area contributed by atoms with Gasteiger partial charge in [0.25, 0.3) is 5.91 Å². The summed E-state index contributed by atoms with van der Waals surface area (Å²) < 4.78 is 5.38. The van der Waals surface area contributed by atoms with E-state index in [0.717, 1.165) is 5.69 Å². The van der Waals surface area contributed by atoms with E-state index in [4.69, 9.17) is 4.74 Å². The molecule has 6 heteroatoms. The predicted octanol–water partition coefficient (Wildman–Crippen LogP) is 2.14. The molecule has 6 nitrogen and oxygen atoms in total. The van der Waals surface area contributed by atoms with Crippen molar-refractivity contribution in [3.8, 4) is 5.75 Å². The Morgan fingerprint density at radius 2 is 2.17 bits per heavy atom. The highest BCUT2D eigenvalue weighted by atomic mass is 16.5. The highest BCUT2D eigenvalue weighted by Gasteiger charge is 2.25. The predicted molar refractivity (Wildman–Crippen MR) is 86.5 cm³/mol. The van der Waals surface area contributed by atoms with Crippen LogP contribution in [0.1, 0.15) is 12.1 Å². The van der Waals surface area contributed by atoms with E-state index in [0.29, 0.717) is 23.7 Å². The maximum absolute atomic E-state index is 12.1. The van der Waals surface area contributed by atoms with Gasteiger partial charge < -0.3 is 15.0 Å². The van der Waals surface area contributed by atoms with Crippen molar-refractivity contribution in [3.63, 3.8) is 0 Å². The topological polar surface area (TPSA) is 71.5 Å². The van der Waals surface area contributed by atoms with Crippen molar-refractivity contribution in [1.82, 2.24) is 4.98 Å². The van der Waals surface area contributed by atoms with E-state index < -0.39 is 0 Å². The fourth-order valence-electron chi connectivity index (χ4n) is 2.46. The molecule has 0 saturated carbocycles. The molecule has 3 rings (SSSR count). The normalized spacial score (nSPS) is 13.3. The Morgan fingerprint density at radius 3 is 3.00 bits per heavy atom. The summed E-state index contributed by atoms with van der Waals surface area (Å²) in [4.78, 5) is 29.8. The van der Waals surface area contributed by atoms with Crippen LogP contribution in [0.2, 0.25) is 0 Å². The van der Waals surface area contributed by atoms with Gasteiger partial charge >= 0.3 is 0 Å². The number of anilines is 2. The zero-order chi connectivity index (χ0) is 16.2. The number of carbonyl (C=O) groups excluding carboxylic acids is 2. The molecule has 0 atom stereocenters. The lowest BCUT2D eigenvalue weighted by Gasteiger charge is -2.29. The molecule has 1 aliphatic rings. The number of carbonyl (C=O) groups is 2. The molecule has 2 amide bonds. The van der Waals surface area contributed by atoms with Crippen molar-refractivity contribution in [2.24, 2.45) is 0 Å². The molecule has 0 spiro atoms. The molecule has 0 unspecified atom stereocenters. The number of nitrogens with one attached hydrogen (secondary N) is 1. The molecule has 23 heavy (non-hydrogen) atoms. The number of nitrogens with zero attached hydrogens (tertiary/aromatic N) is 2. The lowest BCUT2D eigenvalue weighted by atomic mass is 10.2. The number of ether oxygens (including phenoxy) is 1. The molecule has 0 bridgehead atoms. The van der Waals surface area contributed by atoms with E-state index in [-0.39, 0.29) is 24.8 Å². The summed E-state index contributed by atoms with van der Waals surface area (Å²) in [5.41, 5.74) is 2.24. The number of rotatable bonds is 4. The summed E-state index contributed by atoms with van der Waals surface area (Å²) in [6.45, 7) is 2.18. The molecule has 1 N–H and O–H groups in total. The van der Waals surface area contributed by atoms with Crippen molar-refractivity contribution in [2.75, 3.05) is 23.4 Å². The van der Waals surface area contributed by atoms with Crippen LogP contribution in [0.4, 0.5) is 11.4 Å². The first-order chi connectivity index (χ1) is 11.1. The highest BCUT2D eigenvalue weighted by Crippen LogP contribution is 2.31. The first-order valence-corrected chi connectivity index (χ1v) is 7.38. The van der Waals surface area contributed by atoms with Gasteiger partial charge in [0.15, 0.2) is 6.61 Å². The Bertz CT molecular complexity index is 745. The smallest absolute Gasteiger partial charge is 0.265 e. The lowest BCUT2D eigenvalue weighted by Crippen LogP contribution is -2.40. The molecule has 1 aliphatic heterocycles. The van der Waals surface area contributed by atoms with Crippen molar-refractivity contribution in [3.05, 3.63) is 48.3 Å². The number of aromatic nitrogens is 1. The van der Waals surface area contributed by atoms with Crippen molar-refractivity contribution < 1.29 is 14.3 Å². The standard InChI is InChI=1S/C17H17N3O3/c1-12-10-13(6-8-18-12)19-16(21)7-9-20-14-4-2-3-5-15(14)23-11-17(20)22/h2-6,8,10H,7,9,11H2,1H3,(H,18,19,21). The van der Waals surface area contributed by atoms with Crippen LogP contribution in [0.3, 0.4) is 0 Å². The quantitative estimate of drug-likeness (QED) is 0.939. The van der Waals surface area contributed by atoms with Crippen LogP contribution in [0.25, 0.3) is 0 Å². The van der Waals surface area contributed by atoms with Crippen LogP contribution in [0, 0.1) is 6.92 Å². The largest absolute Gasteiger partial charge is 0.482 e. The molecule has 118 valence electrons. The third kappa shape index (κ3) is 3.48. The third-order valence-electron chi connectivity index (χ3n) is 3.55. The Kier molecular flexibility index (Phi) is 4.23. The molecular weight excluding hydrogens is 294 g/mol. The van der Waals surface area contributed by atoms with E-state index >= 15 is 0 Å². The Balaban J connectivity index is 1.64. The van der Waals surface area contributed by atoms with Crippen LogP contribution < -0.4 is 15.0 Å². The van der Waals surface area contributed by atoms with Gasteiger partial charge in [-0.3, -0.25) is 14.6 Å². The van der Waals surface area contributed by atoms with E-state index in [1.807, 2.05) is 31.2 Å². The van der Waals surface area contributed by atoms with Gasteiger partial charge in [0, 0.05) is 30.5 Å². The third-order valence-corrected chi connectivity index (χ3v) is 3.55. The van der Waals surface area contributed by atoms with E-state index in [1.165, 1.54) is 0 Å². The van der Waals surface area contributed by atoms with E-state index in [9.17, 15) is 9.59 Å². The van der Waals surface area contributed by atoms with Crippen LogP contribution in [-0.4, -0.2) is 29.9 Å². The van der Waals surface area contributed by atoms with Crippen LogP contribution >= 0.6 is 0 Å². The number of para-hydroxylation sites is 2. The molecular formula is C17H17N3O3. The number of aryl methyl sites for hydroxylation is 1. The number of hydrogen-bond donors (Lipinski definition) is 1. The molecule has 1 aromatic heterocycles. The average molecular weight is 311 g/mol. The van der Waals surface area contributed by atoms with Gasteiger partial charge in [0.2, 0.25) is 5.91 Å². The van der Waals surface area contributed by atoms with Crippen LogP contribution in [0.5, 0.6) is 5.75 Å².